The van der Waals surface area contributed by atoms with Gasteiger partial charge in [0.1, 0.15) is 5.75 Å². The number of hydrogen-bond acceptors (Lipinski definition) is 2. The molecule has 0 spiro atoms. The molecular formula is C12H14O3. The van der Waals surface area contributed by atoms with Gasteiger partial charge in [0.05, 0.1) is 5.92 Å². The van der Waals surface area contributed by atoms with Crippen molar-refractivity contribution in [3.63, 3.8) is 0 Å². The van der Waals surface area contributed by atoms with Gasteiger partial charge in [0.15, 0.2) is 0 Å². The van der Waals surface area contributed by atoms with Crippen LogP contribution in [0.15, 0.2) is 24.3 Å². The van der Waals surface area contributed by atoms with Gasteiger partial charge in [-0.05, 0) is 42.9 Å². The summed E-state index contributed by atoms with van der Waals surface area (Å²) in [6.45, 7) is 0. The Bertz CT molecular complexity index is 373. The lowest BCUT2D eigenvalue weighted by Crippen LogP contribution is -2.00. The number of hydrogen-bond donors (Lipinski definition) is 2. The molecule has 0 aliphatic heterocycles. The van der Waals surface area contributed by atoms with Crippen molar-refractivity contribution < 1.29 is 15.0 Å². The lowest BCUT2D eigenvalue weighted by molar-refractivity contribution is -0.138. The van der Waals surface area contributed by atoms with Crippen LogP contribution in [0.5, 0.6) is 5.75 Å². The van der Waals surface area contributed by atoms with Gasteiger partial charge in [-0.25, -0.2) is 0 Å². The molecule has 0 aromatic heterocycles. The third kappa shape index (κ3) is 2.49. The number of carbonyl (C=O) groups is 1. The lowest BCUT2D eigenvalue weighted by Gasteiger charge is -2.00. The first-order valence-corrected chi connectivity index (χ1v) is 5.17. The highest BCUT2D eigenvalue weighted by molar-refractivity contribution is 5.73. The molecule has 2 atom stereocenters. The zero-order valence-corrected chi connectivity index (χ0v) is 8.39. The number of aromatic hydroxyl groups is 1. The normalized spacial score (nSPS) is 23.7. The van der Waals surface area contributed by atoms with Crippen LogP contribution < -0.4 is 0 Å². The summed E-state index contributed by atoms with van der Waals surface area (Å²) in [6.07, 6.45) is 2.57. The Hall–Kier alpha value is -1.51. The van der Waals surface area contributed by atoms with Gasteiger partial charge in [-0.3, -0.25) is 4.79 Å². The second-order valence-corrected chi connectivity index (χ2v) is 4.15. The molecule has 2 rings (SSSR count). The number of aliphatic carboxylic acids is 1. The van der Waals surface area contributed by atoms with Crippen LogP contribution in [0, 0.1) is 11.8 Å². The fraction of sp³-hybridized carbons (Fsp3) is 0.417. The van der Waals surface area contributed by atoms with Crippen LogP contribution in [0.4, 0.5) is 0 Å². The van der Waals surface area contributed by atoms with E-state index < -0.39 is 5.97 Å². The molecule has 3 heteroatoms. The summed E-state index contributed by atoms with van der Waals surface area (Å²) < 4.78 is 0. The number of aryl methyl sites for hydroxylation is 1. The topological polar surface area (TPSA) is 57.5 Å². The smallest absolute Gasteiger partial charge is 0.306 e. The van der Waals surface area contributed by atoms with Gasteiger partial charge in [0.2, 0.25) is 0 Å². The van der Waals surface area contributed by atoms with Crippen LogP contribution in [0.25, 0.3) is 0 Å². The molecule has 0 saturated heterocycles. The predicted octanol–water partition coefficient (Wildman–Crippen LogP) is 2.05. The van der Waals surface area contributed by atoms with Crippen molar-refractivity contribution in [2.45, 2.75) is 19.3 Å². The Morgan fingerprint density at radius 3 is 2.87 bits per heavy atom. The van der Waals surface area contributed by atoms with E-state index >= 15 is 0 Å². The molecule has 1 aliphatic carbocycles. The van der Waals surface area contributed by atoms with Gasteiger partial charge in [0, 0.05) is 0 Å². The van der Waals surface area contributed by atoms with Crippen molar-refractivity contribution in [1.82, 2.24) is 0 Å². The summed E-state index contributed by atoms with van der Waals surface area (Å²) in [4.78, 5) is 10.6. The van der Waals surface area contributed by atoms with Crippen LogP contribution in [0.1, 0.15) is 18.4 Å². The van der Waals surface area contributed by atoms with Crippen molar-refractivity contribution in [1.29, 1.82) is 0 Å². The summed E-state index contributed by atoms with van der Waals surface area (Å²) in [5.74, 6) is -0.179. The Kier molecular flexibility index (Phi) is 2.62. The highest BCUT2D eigenvalue weighted by Gasteiger charge is 2.42. The van der Waals surface area contributed by atoms with Gasteiger partial charge in [-0.15, -0.1) is 0 Å². The zero-order valence-electron chi connectivity index (χ0n) is 8.39. The van der Waals surface area contributed by atoms with Crippen LogP contribution in [-0.2, 0) is 11.2 Å². The summed E-state index contributed by atoms with van der Waals surface area (Å²) in [7, 11) is 0. The first kappa shape index (κ1) is 10.0. The molecule has 1 aromatic rings. The van der Waals surface area contributed by atoms with E-state index in [-0.39, 0.29) is 11.7 Å². The number of carboxylic acids is 1. The van der Waals surface area contributed by atoms with Crippen LogP contribution in [-0.4, -0.2) is 16.2 Å². The van der Waals surface area contributed by atoms with E-state index in [1.54, 1.807) is 12.1 Å². The van der Waals surface area contributed by atoms with E-state index in [1.165, 1.54) is 0 Å². The first-order valence-electron chi connectivity index (χ1n) is 5.17. The molecule has 15 heavy (non-hydrogen) atoms. The molecule has 0 bridgehead atoms. The molecule has 1 aromatic carbocycles. The highest BCUT2D eigenvalue weighted by Crippen LogP contribution is 2.42. The maximum atomic E-state index is 10.6. The monoisotopic (exact) mass is 206 g/mol. The van der Waals surface area contributed by atoms with E-state index in [2.05, 4.69) is 0 Å². The van der Waals surface area contributed by atoms with Crippen molar-refractivity contribution in [3.8, 4) is 5.75 Å². The SMILES string of the molecule is O=C(O)C1CC1CCc1cccc(O)c1. The Labute approximate surface area is 88.4 Å². The maximum absolute atomic E-state index is 10.6. The van der Waals surface area contributed by atoms with Crippen LogP contribution in [0.2, 0.25) is 0 Å². The van der Waals surface area contributed by atoms with E-state index in [0.717, 1.165) is 24.8 Å². The van der Waals surface area contributed by atoms with E-state index in [0.29, 0.717) is 5.92 Å². The minimum absolute atomic E-state index is 0.123. The molecule has 3 nitrogen and oxygen atoms in total. The number of carboxylic acid groups (broad SMARTS) is 1. The van der Waals surface area contributed by atoms with E-state index in [1.807, 2.05) is 12.1 Å². The van der Waals surface area contributed by atoms with Crippen molar-refractivity contribution in [2.24, 2.45) is 11.8 Å². The highest BCUT2D eigenvalue weighted by atomic mass is 16.4. The molecule has 80 valence electrons. The number of phenolic OH excluding ortho intramolecular Hbond substituents is 1. The fourth-order valence-electron chi connectivity index (χ4n) is 1.93. The predicted molar refractivity (Wildman–Crippen MR) is 55.7 cm³/mol. The number of benzene rings is 1. The Morgan fingerprint density at radius 2 is 2.27 bits per heavy atom. The molecule has 0 radical (unpaired) electrons. The number of phenols is 1. The average molecular weight is 206 g/mol. The minimum Gasteiger partial charge on any atom is -0.508 e. The summed E-state index contributed by atoms with van der Waals surface area (Å²) in [6, 6.07) is 7.14. The van der Waals surface area contributed by atoms with Gasteiger partial charge >= 0.3 is 5.97 Å². The molecule has 2 N–H and O–H groups in total. The van der Waals surface area contributed by atoms with Gasteiger partial charge in [0.25, 0.3) is 0 Å². The largest absolute Gasteiger partial charge is 0.508 e. The molecule has 2 unspecified atom stereocenters. The Balaban J connectivity index is 1.82. The average Bonchev–Trinajstić information content (AvgIpc) is 2.94. The summed E-state index contributed by atoms with van der Waals surface area (Å²) in [5.41, 5.74) is 1.08. The third-order valence-corrected chi connectivity index (χ3v) is 2.95. The fourth-order valence-corrected chi connectivity index (χ4v) is 1.93. The molecule has 1 saturated carbocycles. The second kappa shape index (κ2) is 3.93. The maximum Gasteiger partial charge on any atom is 0.306 e. The van der Waals surface area contributed by atoms with Gasteiger partial charge < -0.3 is 10.2 Å². The standard InChI is InChI=1S/C12H14O3/c13-10-3-1-2-8(6-10)4-5-9-7-11(9)12(14)15/h1-3,6,9,11,13H,4-5,7H2,(H,14,15). The first-order chi connectivity index (χ1) is 7.16. The van der Waals surface area contributed by atoms with Crippen LogP contribution >= 0.6 is 0 Å². The van der Waals surface area contributed by atoms with Crippen molar-refractivity contribution >= 4 is 5.97 Å². The third-order valence-electron chi connectivity index (χ3n) is 2.95. The van der Waals surface area contributed by atoms with Crippen molar-refractivity contribution in [3.05, 3.63) is 29.8 Å². The van der Waals surface area contributed by atoms with Crippen molar-refractivity contribution in [2.75, 3.05) is 0 Å². The second-order valence-electron chi connectivity index (χ2n) is 4.15. The van der Waals surface area contributed by atoms with E-state index in [9.17, 15) is 9.90 Å². The molecule has 0 amide bonds. The zero-order chi connectivity index (χ0) is 10.8. The van der Waals surface area contributed by atoms with Gasteiger partial charge in [-0.2, -0.15) is 0 Å². The quantitative estimate of drug-likeness (QED) is 0.792. The van der Waals surface area contributed by atoms with Gasteiger partial charge in [-0.1, -0.05) is 12.1 Å². The van der Waals surface area contributed by atoms with Crippen LogP contribution in [0.3, 0.4) is 0 Å². The number of rotatable bonds is 4. The molecule has 0 heterocycles. The van der Waals surface area contributed by atoms with E-state index in [4.69, 9.17) is 5.11 Å². The molecular weight excluding hydrogens is 192 g/mol. The molecule has 1 aliphatic rings. The Morgan fingerprint density at radius 1 is 1.47 bits per heavy atom. The summed E-state index contributed by atoms with van der Waals surface area (Å²) in [5, 5.41) is 18.0. The lowest BCUT2D eigenvalue weighted by atomic mass is 10.1. The molecule has 1 fully saturated rings. The summed E-state index contributed by atoms with van der Waals surface area (Å²) >= 11 is 0. The minimum atomic E-state index is -0.670.